The number of ether oxygens (including phenoxy) is 1. The van der Waals surface area contributed by atoms with Gasteiger partial charge in [0.1, 0.15) is 17.1 Å². The number of nitrogens with one attached hydrogen (secondary N) is 1. The average molecular weight is 412 g/mol. The Balaban J connectivity index is 1.89. The first-order valence-corrected chi connectivity index (χ1v) is 11.9. The lowest BCUT2D eigenvalue weighted by atomic mass is 9.65. The molecule has 1 aliphatic heterocycles. The zero-order valence-electron chi connectivity index (χ0n) is 19.7. The van der Waals surface area contributed by atoms with Gasteiger partial charge in [0.15, 0.2) is 0 Å². The summed E-state index contributed by atoms with van der Waals surface area (Å²) in [5, 5.41) is 14.6. The van der Waals surface area contributed by atoms with E-state index in [1.165, 1.54) is 31.2 Å². The summed E-state index contributed by atoms with van der Waals surface area (Å²) in [7, 11) is 0. The predicted molar refractivity (Wildman–Crippen MR) is 125 cm³/mol. The Hall–Kier alpha value is -1.66. The standard InChI is InChI=1S/C27H41NO2/c1-7-9-10-11-14-26(3,4)19-16-23(29)25-21-18-20(28-15-8-2)12-13-22(21)27(5,6)30-24(25)17-19/h2,16-17,20-22,28-29H,7,9-15,18H2,1,3-6H3/t20?,21-,22-/m1/s1. The minimum absolute atomic E-state index is 0.0219. The van der Waals surface area contributed by atoms with Gasteiger partial charge < -0.3 is 15.2 Å². The molecule has 1 aromatic rings. The molecular weight excluding hydrogens is 370 g/mol. The van der Waals surface area contributed by atoms with Crippen molar-refractivity contribution in [2.24, 2.45) is 5.92 Å². The van der Waals surface area contributed by atoms with Crippen LogP contribution in [0.25, 0.3) is 0 Å². The fraction of sp³-hybridized carbons (Fsp3) is 0.704. The monoisotopic (exact) mass is 411 g/mol. The van der Waals surface area contributed by atoms with Crippen LogP contribution in [0.15, 0.2) is 12.1 Å². The van der Waals surface area contributed by atoms with Gasteiger partial charge in [-0.1, -0.05) is 52.4 Å². The first-order chi connectivity index (χ1) is 14.2. The maximum atomic E-state index is 11.1. The third-order valence-corrected chi connectivity index (χ3v) is 7.54. The van der Waals surface area contributed by atoms with E-state index in [9.17, 15) is 5.11 Å². The molecule has 3 rings (SSSR count). The van der Waals surface area contributed by atoms with Gasteiger partial charge in [-0.15, -0.1) is 6.42 Å². The minimum Gasteiger partial charge on any atom is -0.508 e. The van der Waals surface area contributed by atoms with E-state index in [2.05, 4.69) is 51.9 Å². The number of hydrogen-bond donors (Lipinski definition) is 2. The highest BCUT2D eigenvalue weighted by atomic mass is 16.5. The molecule has 3 atom stereocenters. The van der Waals surface area contributed by atoms with Crippen molar-refractivity contribution >= 4 is 0 Å². The molecule has 1 heterocycles. The van der Waals surface area contributed by atoms with Crippen molar-refractivity contribution < 1.29 is 9.84 Å². The highest BCUT2D eigenvalue weighted by molar-refractivity contribution is 5.53. The minimum atomic E-state index is -0.231. The zero-order chi connectivity index (χ0) is 21.9. The van der Waals surface area contributed by atoms with Crippen LogP contribution in [0.4, 0.5) is 0 Å². The van der Waals surface area contributed by atoms with Gasteiger partial charge in [-0.05, 0) is 68.6 Å². The number of aromatic hydroxyl groups is 1. The van der Waals surface area contributed by atoms with E-state index in [4.69, 9.17) is 11.2 Å². The van der Waals surface area contributed by atoms with E-state index >= 15 is 0 Å². The number of fused-ring (bicyclic) bond motifs is 3. The normalized spacial score (nSPS) is 25.0. The topological polar surface area (TPSA) is 41.5 Å². The Morgan fingerprint density at radius 3 is 2.70 bits per heavy atom. The molecule has 2 N–H and O–H groups in total. The van der Waals surface area contributed by atoms with Crippen LogP contribution < -0.4 is 10.1 Å². The largest absolute Gasteiger partial charge is 0.508 e. The summed E-state index contributed by atoms with van der Waals surface area (Å²) in [5.41, 5.74) is 1.98. The van der Waals surface area contributed by atoms with Crippen molar-refractivity contribution in [2.45, 2.75) is 109 Å². The molecule has 1 unspecified atom stereocenters. The van der Waals surface area contributed by atoms with Crippen LogP contribution in [-0.2, 0) is 5.41 Å². The van der Waals surface area contributed by atoms with E-state index in [1.54, 1.807) is 0 Å². The molecule has 1 aliphatic carbocycles. The molecule has 0 aromatic heterocycles. The Labute approximate surface area is 184 Å². The lowest BCUT2D eigenvalue weighted by Gasteiger charge is -2.49. The van der Waals surface area contributed by atoms with Crippen LogP contribution >= 0.6 is 0 Å². The first kappa shape index (κ1) is 23.0. The summed E-state index contributed by atoms with van der Waals surface area (Å²) in [5.74, 6) is 4.70. The molecule has 0 spiro atoms. The molecule has 0 bridgehead atoms. The van der Waals surface area contributed by atoms with Crippen LogP contribution in [0.3, 0.4) is 0 Å². The van der Waals surface area contributed by atoms with E-state index < -0.39 is 0 Å². The van der Waals surface area contributed by atoms with Crippen LogP contribution in [0.2, 0.25) is 0 Å². The number of phenolic OH excluding ortho intramolecular Hbond substituents is 1. The molecular formula is C27H41NO2. The number of benzene rings is 1. The molecule has 30 heavy (non-hydrogen) atoms. The number of rotatable bonds is 8. The van der Waals surface area contributed by atoms with E-state index in [-0.39, 0.29) is 11.0 Å². The van der Waals surface area contributed by atoms with E-state index in [0.717, 1.165) is 37.0 Å². The summed E-state index contributed by atoms with van der Waals surface area (Å²) in [6, 6.07) is 4.62. The molecule has 0 saturated heterocycles. The molecule has 1 aromatic carbocycles. The van der Waals surface area contributed by atoms with Crippen LogP contribution in [0.5, 0.6) is 11.5 Å². The quantitative estimate of drug-likeness (QED) is 0.390. The molecule has 1 saturated carbocycles. The van der Waals surface area contributed by atoms with E-state index in [0.29, 0.717) is 30.2 Å². The predicted octanol–water partition coefficient (Wildman–Crippen LogP) is 6.29. The summed E-state index contributed by atoms with van der Waals surface area (Å²) in [6.07, 6.45) is 14.8. The van der Waals surface area contributed by atoms with Crippen molar-refractivity contribution in [3.05, 3.63) is 23.3 Å². The fourth-order valence-corrected chi connectivity index (χ4v) is 5.67. The van der Waals surface area contributed by atoms with Gasteiger partial charge in [0.25, 0.3) is 0 Å². The maximum absolute atomic E-state index is 11.1. The Bertz CT molecular complexity index is 774. The van der Waals surface area contributed by atoms with Gasteiger partial charge in [0, 0.05) is 17.5 Å². The molecule has 1 fully saturated rings. The summed E-state index contributed by atoms with van der Waals surface area (Å²) in [6.45, 7) is 11.8. The molecule has 166 valence electrons. The highest BCUT2D eigenvalue weighted by Crippen LogP contribution is 2.55. The van der Waals surface area contributed by atoms with Gasteiger partial charge in [-0.25, -0.2) is 0 Å². The Morgan fingerprint density at radius 1 is 1.23 bits per heavy atom. The van der Waals surface area contributed by atoms with Crippen LogP contribution in [-0.4, -0.2) is 23.3 Å². The Kier molecular flexibility index (Phi) is 7.08. The number of terminal acetylenes is 1. The highest BCUT2D eigenvalue weighted by Gasteiger charge is 2.47. The average Bonchev–Trinajstić information content (AvgIpc) is 2.68. The molecule has 3 heteroatoms. The van der Waals surface area contributed by atoms with Crippen molar-refractivity contribution in [1.82, 2.24) is 5.32 Å². The number of hydrogen-bond acceptors (Lipinski definition) is 3. The molecule has 3 nitrogen and oxygen atoms in total. The molecule has 0 radical (unpaired) electrons. The van der Waals surface area contributed by atoms with Crippen LogP contribution in [0, 0.1) is 18.3 Å². The lowest BCUT2D eigenvalue weighted by Crippen LogP contribution is -2.49. The second-order valence-electron chi connectivity index (χ2n) is 10.6. The first-order valence-electron chi connectivity index (χ1n) is 11.9. The summed E-state index contributed by atoms with van der Waals surface area (Å²) < 4.78 is 6.55. The van der Waals surface area contributed by atoms with Crippen molar-refractivity contribution in [3.8, 4) is 23.8 Å². The van der Waals surface area contributed by atoms with Gasteiger partial charge in [0.05, 0.1) is 6.54 Å². The fourth-order valence-electron chi connectivity index (χ4n) is 5.67. The number of unbranched alkanes of at least 4 members (excludes halogenated alkanes) is 3. The van der Waals surface area contributed by atoms with Crippen molar-refractivity contribution in [1.29, 1.82) is 0 Å². The second-order valence-corrected chi connectivity index (χ2v) is 10.6. The SMILES string of the molecule is C#CCNC1CC[C@@H]2[C@@H](C1)c1c(O)cc(C(C)(C)CCCCCC)cc1OC2(C)C. The molecule has 0 amide bonds. The van der Waals surface area contributed by atoms with Crippen LogP contribution in [0.1, 0.15) is 103 Å². The van der Waals surface area contributed by atoms with Gasteiger partial charge in [-0.2, -0.15) is 0 Å². The van der Waals surface area contributed by atoms with Gasteiger partial charge in [-0.3, -0.25) is 0 Å². The second kappa shape index (κ2) is 9.23. The van der Waals surface area contributed by atoms with Gasteiger partial charge >= 0.3 is 0 Å². The molecule has 2 aliphatic rings. The third-order valence-electron chi connectivity index (χ3n) is 7.54. The smallest absolute Gasteiger partial charge is 0.127 e. The third kappa shape index (κ3) is 4.80. The Morgan fingerprint density at radius 2 is 2.00 bits per heavy atom. The van der Waals surface area contributed by atoms with E-state index in [1.807, 2.05) is 6.07 Å². The summed E-state index contributed by atoms with van der Waals surface area (Å²) >= 11 is 0. The maximum Gasteiger partial charge on any atom is 0.127 e. The van der Waals surface area contributed by atoms with Gasteiger partial charge in [0.2, 0.25) is 0 Å². The lowest BCUT2D eigenvalue weighted by molar-refractivity contribution is -0.0119. The van der Waals surface area contributed by atoms with Crippen molar-refractivity contribution in [2.75, 3.05) is 6.54 Å². The summed E-state index contributed by atoms with van der Waals surface area (Å²) in [4.78, 5) is 0. The van der Waals surface area contributed by atoms with Crippen molar-refractivity contribution in [3.63, 3.8) is 0 Å². The zero-order valence-corrected chi connectivity index (χ0v) is 19.7. The number of phenols is 1.